The molecule has 1 amide bonds. The van der Waals surface area contributed by atoms with Gasteiger partial charge in [0.15, 0.2) is 5.76 Å². The predicted molar refractivity (Wildman–Crippen MR) is 111 cm³/mol. The van der Waals surface area contributed by atoms with Gasteiger partial charge < -0.3 is 9.84 Å². The number of nitrogens with one attached hydrogen (secondary N) is 1. The van der Waals surface area contributed by atoms with Gasteiger partial charge in [-0.1, -0.05) is 16.8 Å². The average molecular weight is 495 g/mol. The van der Waals surface area contributed by atoms with Crippen molar-refractivity contribution in [3.05, 3.63) is 40.2 Å². The number of amides is 1. The summed E-state index contributed by atoms with van der Waals surface area (Å²) in [4.78, 5) is 14.4. The minimum atomic E-state index is -4.69. The third-order valence-electron chi connectivity index (χ3n) is 5.31. The molecule has 0 aliphatic carbocycles. The Balaban J connectivity index is 1.67. The smallest absolute Gasteiger partial charge is 0.360 e. The molecular formula is C19H22ClF3N4O4S. The maximum Gasteiger partial charge on any atom is 0.418 e. The maximum atomic E-state index is 13.3. The average Bonchev–Trinajstić information content (AvgIpc) is 3.06. The molecular weight excluding hydrogens is 473 g/mol. The van der Waals surface area contributed by atoms with Crippen LogP contribution in [0.15, 0.2) is 27.6 Å². The number of piperazine rings is 1. The van der Waals surface area contributed by atoms with Crippen LogP contribution in [-0.2, 0) is 21.0 Å². The van der Waals surface area contributed by atoms with E-state index in [2.05, 4.69) is 10.5 Å². The van der Waals surface area contributed by atoms with Crippen molar-refractivity contribution < 1.29 is 30.9 Å². The number of benzene rings is 1. The summed E-state index contributed by atoms with van der Waals surface area (Å²) in [6.45, 7) is 5.28. The molecule has 1 aliphatic rings. The second-order valence-corrected chi connectivity index (χ2v) is 9.76. The van der Waals surface area contributed by atoms with Crippen molar-refractivity contribution in [2.75, 3.05) is 31.5 Å². The molecule has 1 fully saturated rings. The molecule has 13 heteroatoms. The van der Waals surface area contributed by atoms with Gasteiger partial charge in [-0.05, 0) is 39.0 Å². The number of sulfonamides is 1. The van der Waals surface area contributed by atoms with E-state index in [9.17, 15) is 26.4 Å². The van der Waals surface area contributed by atoms with E-state index in [0.29, 0.717) is 0 Å². The third-order valence-corrected chi connectivity index (χ3v) is 7.69. The molecule has 0 saturated carbocycles. The number of aryl methyl sites for hydroxylation is 2. The first kappa shape index (κ1) is 24.5. The van der Waals surface area contributed by atoms with E-state index in [1.54, 1.807) is 11.8 Å². The molecule has 0 radical (unpaired) electrons. The van der Waals surface area contributed by atoms with Crippen LogP contribution in [0.25, 0.3) is 0 Å². The summed E-state index contributed by atoms with van der Waals surface area (Å²) >= 11 is 5.67. The van der Waals surface area contributed by atoms with Gasteiger partial charge in [0.05, 0.1) is 17.3 Å². The van der Waals surface area contributed by atoms with Gasteiger partial charge in [0, 0.05) is 31.2 Å². The van der Waals surface area contributed by atoms with Gasteiger partial charge in [0.1, 0.15) is 10.6 Å². The SMILES string of the molecule is Cc1noc(C)c1S(=O)(=O)N1CCN(C(C)C(=O)Nc2ccc(Cl)cc2C(F)(F)F)CC1. The summed E-state index contributed by atoms with van der Waals surface area (Å²) < 4.78 is 71.9. The highest BCUT2D eigenvalue weighted by atomic mass is 35.5. The zero-order valence-electron chi connectivity index (χ0n) is 17.5. The highest BCUT2D eigenvalue weighted by Crippen LogP contribution is 2.36. The molecule has 32 heavy (non-hydrogen) atoms. The van der Waals surface area contributed by atoms with Crippen LogP contribution < -0.4 is 5.32 Å². The Labute approximate surface area is 188 Å². The van der Waals surface area contributed by atoms with Crippen molar-refractivity contribution in [1.82, 2.24) is 14.4 Å². The molecule has 0 bridgehead atoms. The fraction of sp³-hybridized carbons (Fsp3) is 0.474. The first-order valence-corrected chi connectivity index (χ1v) is 11.5. The first-order valence-electron chi connectivity index (χ1n) is 9.67. The number of carbonyl (C=O) groups is 1. The maximum absolute atomic E-state index is 13.3. The van der Waals surface area contributed by atoms with Crippen LogP contribution in [-0.4, -0.2) is 60.9 Å². The van der Waals surface area contributed by atoms with Gasteiger partial charge in [0.25, 0.3) is 0 Å². The Hall–Kier alpha value is -2.15. The number of carbonyl (C=O) groups excluding carboxylic acids is 1. The fourth-order valence-electron chi connectivity index (χ4n) is 3.57. The zero-order chi connectivity index (χ0) is 23.8. The van der Waals surface area contributed by atoms with E-state index in [0.717, 1.165) is 12.1 Å². The molecule has 1 atom stereocenters. The van der Waals surface area contributed by atoms with E-state index in [4.69, 9.17) is 16.1 Å². The predicted octanol–water partition coefficient (Wildman–Crippen LogP) is 3.30. The molecule has 8 nitrogen and oxygen atoms in total. The molecule has 1 aromatic heterocycles. The number of aromatic nitrogens is 1. The quantitative estimate of drug-likeness (QED) is 0.685. The lowest BCUT2D eigenvalue weighted by Crippen LogP contribution is -2.54. The van der Waals surface area contributed by atoms with E-state index in [1.807, 2.05) is 0 Å². The van der Waals surface area contributed by atoms with Gasteiger partial charge in [0.2, 0.25) is 15.9 Å². The highest BCUT2D eigenvalue weighted by Gasteiger charge is 2.37. The molecule has 2 heterocycles. The second-order valence-electron chi connectivity index (χ2n) is 7.45. The molecule has 1 unspecified atom stereocenters. The van der Waals surface area contributed by atoms with E-state index < -0.39 is 39.4 Å². The fourth-order valence-corrected chi connectivity index (χ4v) is 5.45. The number of hydrogen-bond donors (Lipinski definition) is 1. The van der Waals surface area contributed by atoms with Gasteiger partial charge >= 0.3 is 6.18 Å². The van der Waals surface area contributed by atoms with Crippen molar-refractivity contribution in [2.24, 2.45) is 0 Å². The Bertz CT molecular complexity index is 1090. The molecule has 176 valence electrons. The van der Waals surface area contributed by atoms with Crippen LogP contribution in [0.2, 0.25) is 5.02 Å². The third kappa shape index (κ3) is 4.92. The van der Waals surface area contributed by atoms with Gasteiger partial charge in [-0.3, -0.25) is 9.69 Å². The van der Waals surface area contributed by atoms with E-state index >= 15 is 0 Å². The van der Waals surface area contributed by atoms with Crippen LogP contribution in [0.4, 0.5) is 18.9 Å². The molecule has 1 aliphatic heterocycles. The number of anilines is 1. The van der Waals surface area contributed by atoms with Gasteiger partial charge in [-0.25, -0.2) is 8.42 Å². The Morgan fingerprint density at radius 1 is 1.22 bits per heavy atom. The van der Waals surface area contributed by atoms with Crippen molar-refractivity contribution in [3.8, 4) is 0 Å². The standard InChI is InChI=1S/C19H22ClF3N4O4S/c1-11-17(13(3)31-25-11)32(29,30)27-8-6-26(7-9-27)12(2)18(28)24-16-5-4-14(20)10-15(16)19(21,22)23/h4-5,10,12H,6-9H2,1-3H3,(H,24,28). The van der Waals surface area contributed by atoms with E-state index in [-0.39, 0.29) is 47.6 Å². The lowest BCUT2D eigenvalue weighted by molar-refractivity contribution is -0.137. The summed E-state index contributed by atoms with van der Waals surface area (Å²) in [5.41, 5.74) is -1.17. The number of halogens is 4. The number of alkyl halides is 3. The summed E-state index contributed by atoms with van der Waals surface area (Å²) in [6.07, 6.45) is -4.69. The van der Waals surface area contributed by atoms with Crippen LogP contribution in [0.3, 0.4) is 0 Å². The minimum absolute atomic E-state index is 0.0270. The summed E-state index contributed by atoms with van der Waals surface area (Å²) in [5, 5.41) is 5.89. The summed E-state index contributed by atoms with van der Waals surface area (Å²) in [5.74, 6) is -0.444. The van der Waals surface area contributed by atoms with Gasteiger partial charge in [-0.2, -0.15) is 17.5 Å². The van der Waals surface area contributed by atoms with Crippen molar-refractivity contribution in [2.45, 2.75) is 37.9 Å². The number of rotatable bonds is 5. The first-order chi connectivity index (χ1) is 14.8. The van der Waals surface area contributed by atoms with Crippen molar-refractivity contribution in [3.63, 3.8) is 0 Å². The molecule has 3 rings (SSSR count). The Morgan fingerprint density at radius 2 is 1.84 bits per heavy atom. The summed E-state index contributed by atoms with van der Waals surface area (Å²) in [6, 6.07) is 2.33. The van der Waals surface area contributed by atoms with Crippen LogP contribution in [0.1, 0.15) is 23.9 Å². The normalized spacial score (nSPS) is 17.3. The Kier molecular flexibility index (Phi) is 6.89. The van der Waals surface area contributed by atoms with Gasteiger partial charge in [-0.15, -0.1) is 0 Å². The zero-order valence-corrected chi connectivity index (χ0v) is 19.1. The molecule has 1 saturated heterocycles. The van der Waals surface area contributed by atoms with Crippen LogP contribution >= 0.6 is 11.6 Å². The molecule has 0 spiro atoms. The molecule has 1 aromatic carbocycles. The molecule has 1 N–H and O–H groups in total. The van der Waals surface area contributed by atoms with E-state index in [1.165, 1.54) is 24.2 Å². The minimum Gasteiger partial charge on any atom is -0.360 e. The number of nitrogens with zero attached hydrogens (tertiary/aromatic N) is 3. The van der Waals surface area contributed by atoms with Crippen molar-refractivity contribution in [1.29, 1.82) is 0 Å². The number of hydrogen-bond acceptors (Lipinski definition) is 6. The summed E-state index contributed by atoms with van der Waals surface area (Å²) in [7, 11) is -3.81. The van der Waals surface area contributed by atoms with Crippen LogP contribution in [0.5, 0.6) is 0 Å². The lowest BCUT2D eigenvalue weighted by Gasteiger charge is -2.36. The monoisotopic (exact) mass is 494 g/mol. The largest absolute Gasteiger partial charge is 0.418 e. The Morgan fingerprint density at radius 3 is 2.38 bits per heavy atom. The molecule has 2 aromatic rings. The lowest BCUT2D eigenvalue weighted by atomic mass is 10.1. The highest BCUT2D eigenvalue weighted by molar-refractivity contribution is 7.89. The second kappa shape index (κ2) is 9.00. The van der Waals surface area contributed by atoms with Crippen molar-refractivity contribution >= 4 is 33.2 Å². The topological polar surface area (TPSA) is 95.8 Å². The van der Waals surface area contributed by atoms with Crippen LogP contribution in [0, 0.1) is 13.8 Å².